The van der Waals surface area contributed by atoms with Crippen LogP contribution in [-0.4, -0.2) is 125 Å². The molecule has 0 saturated heterocycles. The molecular weight excluding hydrogens is 998 g/mol. The zero-order valence-electron chi connectivity index (χ0n) is 38.0. The van der Waals surface area contributed by atoms with Crippen LogP contribution in [0.5, 0.6) is 23.0 Å². The van der Waals surface area contributed by atoms with Gasteiger partial charge in [-0.1, -0.05) is 36.4 Å². The first-order valence-corrected chi connectivity index (χ1v) is 30.8. The summed E-state index contributed by atoms with van der Waals surface area (Å²) in [7, 11) is 4.39. The number of nitrogens with zero attached hydrogens (tertiary/aromatic N) is 4. The summed E-state index contributed by atoms with van der Waals surface area (Å²) in [4.78, 5) is 68.2. The van der Waals surface area contributed by atoms with Crippen LogP contribution in [-0.2, 0) is 27.2 Å². The van der Waals surface area contributed by atoms with Crippen molar-refractivity contribution in [1.82, 2.24) is 0 Å². The third-order valence-corrected chi connectivity index (χ3v) is 10.7. The molecular formula is C48H57Cl2N4O11Sn. The quantitative estimate of drug-likeness (QED) is 0.0586. The molecule has 0 bridgehead atoms. The summed E-state index contributed by atoms with van der Waals surface area (Å²) in [6, 6.07) is 22.3. The number of rotatable bonds is 13. The second-order valence-electron chi connectivity index (χ2n) is 15.5. The second-order valence-corrected chi connectivity index (χ2v) is 24.8. The number of amides is 2. The summed E-state index contributed by atoms with van der Waals surface area (Å²) >= 11 is 9.56. The molecule has 0 fully saturated rings. The van der Waals surface area contributed by atoms with Crippen molar-refractivity contribution in [2.75, 3.05) is 56.1 Å². The minimum absolute atomic E-state index is 0. The van der Waals surface area contributed by atoms with Gasteiger partial charge in [-0.05, 0) is 48.2 Å². The number of hydrogen-bond acceptors (Lipinski definition) is 11. The summed E-state index contributed by atoms with van der Waals surface area (Å²) < 4.78 is 26.9. The fourth-order valence-corrected chi connectivity index (χ4v) is 7.28. The number of aliphatic carboxylic acids is 1. The number of anilines is 2. The van der Waals surface area contributed by atoms with Gasteiger partial charge in [0.05, 0.1) is 69.1 Å². The Kier molecular flexibility index (Phi) is 21.1. The van der Waals surface area contributed by atoms with E-state index in [1.807, 2.05) is 54.7 Å². The first-order valence-electron chi connectivity index (χ1n) is 21.1. The van der Waals surface area contributed by atoms with Crippen LogP contribution in [0.2, 0.25) is 14.8 Å². The van der Waals surface area contributed by atoms with E-state index < -0.39 is 25.7 Å². The Morgan fingerprint density at radius 3 is 1.47 bits per heavy atom. The molecule has 15 nitrogen and oxygen atoms in total. The average Bonchev–Trinajstić information content (AvgIpc) is 3.80. The van der Waals surface area contributed by atoms with Crippen molar-refractivity contribution in [2.24, 2.45) is 9.98 Å². The van der Waals surface area contributed by atoms with Crippen molar-refractivity contribution in [2.45, 2.75) is 65.4 Å². The third-order valence-electron chi connectivity index (χ3n) is 10.1. The van der Waals surface area contributed by atoms with Crippen LogP contribution >= 0.6 is 23.2 Å². The van der Waals surface area contributed by atoms with Gasteiger partial charge in [0.1, 0.15) is 0 Å². The monoisotopic (exact) mass is 1060 g/mol. The molecule has 4 aromatic rings. The topological polar surface area (TPSA) is 197 Å². The molecule has 4 heterocycles. The molecule has 0 aromatic heterocycles. The van der Waals surface area contributed by atoms with Crippen LogP contribution in [0.25, 0.3) is 0 Å². The van der Waals surface area contributed by atoms with E-state index in [2.05, 4.69) is 29.5 Å². The van der Waals surface area contributed by atoms with E-state index in [4.69, 9.17) is 47.3 Å². The number of esters is 1. The summed E-state index contributed by atoms with van der Waals surface area (Å²) in [6.07, 6.45) is 6.28. The Bertz CT molecular complexity index is 2380. The zero-order chi connectivity index (χ0) is 47.0. The average molecular weight is 1060 g/mol. The van der Waals surface area contributed by atoms with E-state index in [9.17, 15) is 19.2 Å². The van der Waals surface area contributed by atoms with Gasteiger partial charge in [-0.15, -0.1) is 23.2 Å². The van der Waals surface area contributed by atoms with E-state index in [0.29, 0.717) is 76.7 Å². The number of hydrogen-bond donors (Lipinski definition) is 1. The third kappa shape index (κ3) is 13.6. The Balaban J connectivity index is 0.000000245. The van der Waals surface area contributed by atoms with Gasteiger partial charge < -0.3 is 34.3 Å². The van der Waals surface area contributed by atoms with Crippen LogP contribution in [0.15, 0.2) is 82.8 Å². The predicted octanol–water partition coefficient (Wildman–Crippen LogP) is 8.55. The molecule has 0 saturated carbocycles. The van der Waals surface area contributed by atoms with Crippen molar-refractivity contribution in [3.8, 4) is 23.0 Å². The molecule has 4 aliphatic heterocycles. The number of carboxylic acids is 1. The summed E-state index contributed by atoms with van der Waals surface area (Å²) in [5.41, 5.74) is 6.08. The summed E-state index contributed by atoms with van der Waals surface area (Å²) in [6.45, 7) is 0.561. The van der Waals surface area contributed by atoms with Crippen molar-refractivity contribution >= 4 is 102 Å². The van der Waals surface area contributed by atoms with E-state index in [-0.39, 0.29) is 54.8 Å². The first kappa shape index (κ1) is 53.3. The Morgan fingerprint density at radius 1 is 0.682 bits per heavy atom. The van der Waals surface area contributed by atoms with Crippen LogP contribution in [0.4, 0.5) is 22.7 Å². The molecule has 2 amide bonds. The van der Waals surface area contributed by atoms with Crippen molar-refractivity contribution in [3.63, 3.8) is 0 Å². The first-order chi connectivity index (χ1) is 31.3. The molecule has 4 aromatic carbocycles. The summed E-state index contributed by atoms with van der Waals surface area (Å²) in [5, 5.41) is 8.74. The molecule has 353 valence electrons. The van der Waals surface area contributed by atoms with E-state index in [1.54, 1.807) is 40.3 Å². The molecule has 2 unspecified atom stereocenters. The molecule has 4 aliphatic rings. The number of aliphatic imine (C=N–C) groups is 2. The molecule has 66 heavy (non-hydrogen) atoms. The molecule has 1 radical (unpaired) electrons. The fourth-order valence-electron chi connectivity index (χ4n) is 7.28. The Hall–Kier alpha value is -5.36. The number of benzene rings is 4. The van der Waals surface area contributed by atoms with Gasteiger partial charge in [-0.3, -0.25) is 39.0 Å². The normalized spacial score (nSPS) is 15.4. The molecule has 8 rings (SSSR count). The van der Waals surface area contributed by atoms with Gasteiger partial charge in [0.2, 0.25) is 0 Å². The number of ether oxygens (including phenoxy) is 5. The van der Waals surface area contributed by atoms with Crippen molar-refractivity contribution in [3.05, 3.63) is 95.1 Å². The molecule has 3 N–H and O–H groups in total. The van der Waals surface area contributed by atoms with Crippen LogP contribution in [0.1, 0.15) is 57.5 Å². The maximum atomic E-state index is 13.3. The van der Waals surface area contributed by atoms with Gasteiger partial charge >= 0.3 is 46.5 Å². The Labute approximate surface area is 402 Å². The number of alkyl halides is 2. The van der Waals surface area contributed by atoms with Gasteiger partial charge in [0, 0.05) is 73.4 Å². The number of para-hydroxylation sites is 2. The van der Waals surface area contributed by atoms with Crippen molar-refractivity contribution < 1.29 is 53.4 Å². The SMILES string of the molecule is COC(=O)CCCOc1cc2c(cc1OC)C(=O)N1c3ccccc3CC1C=N2.COc1cc2c(cc1OCCCC(=O)O)N=CC1Cc3ccccc3N1C2=O.ClCCCl.O.[CH3][Sn]([CH3])[CH3]. The molecule has 18 heteroatoms. The number of carboxylic acid groups (broad SMARTS) is 1. The van der Waals surface area contributed by atoms with Crippen LogP contribution in [0.3, 0.4) is 0 Å². The molecule has 0 spiro atoms. The van der Waals surface area contributed by atoms with E-state index in [1.165, 1.54) is 21.3 Å². The van der Waals surface area contributed by atoms with Crippen molar-refractivity contribution in [1.29, 1.82) is 0 Å². The maximum absolute atomic E-state index is 13.3. The van der Waals surface area contributed by atoms with Crippen LogP contribution in [0, 0.1) is 0 Å². The Morgan fingerprint density at radius 2 is 1.09 bits per heavy atom. The van der Waals surface area contributed by atoms with Gasteiger partial charge in [0.25, 0.3) is 11.8 Å². The molecule has 0 aliphatic carbocycles. The standard InChI is InChI=1S/C22H22N2O5.C21H20N2O5.C2H4Cl2.3CH3.H2O.Sn/c1-27-19-11-16-17(12-20(19)29-9-5-8-21(25)28-2)23-13-15-10-14-6-3-4-7-18(14)24(15)22(16)26;1-27-18-10-15-16(11-19(18)28-8-4-7-20(24)25)22-12-14-9-13-5-2-3-6-17(13)23(14)21(15)26;3-1-2-4;;;;;/h3-4,6-7,11-13,15H,5,8-10H2,1-2H3;2-3,5-6,10-12,14H,4,7-9H2,1H3,(H,24,25);1-2H2;3*1H3;1H2;. The molecule has 2 atom stereocenters. The van der Waals surface area contributed by atoms with Gasteiger partial charge in [-0.25, -0.2) is 0 Å². The summed E-state index contributed by atoms with van der Waals surface area (Å²) in [5.74, 6) is 1.54. The number of methoxy groups -OCH3 is 3. The van der Waals surface area contributed by atoms with Crippen LogP contribution < -0.4 is 28.7 Å². The fraction of sp³-hybridized carbons (Fsp3) is 0.375. The number of halogens is 2. The van der Waals surface area contributed by atoms with Gasteiger partial charge in [0.15, 0.2) is 23.0 Å². The second kappa shape index (κ2) is 26.1. The number of carbonyl (C=O) groups excluding carboxylic acids is 3. The van der Waals surface area contributed by atoms with E-state index in [0.717, 1.165) is 35.3 Å². The van der Waals surface area contributed by atoms with E-state index >= 15 is 0 Å². The predicted molar refractivity (Wildman–Crippen MR) is 261 cm³/mol. The van der Waals surface area contributed by atoms with Gasteiger partial charge in [-0.2, -0.15) is 0 Å². The minimum atomic E-state index is -0.867. The number of fused-ring (bicyclic) bond motifs is 8. The zero-order valence-corrected chi connectivity index (χ0v) is 42.3. The number of carbonyl (C=O) groups is 4.